The molecule has 0 aromatic heterocycles. The maximum Gasteiger partial charge on any atom is 0.0897 e. The average Bonchev–Trinajstić information content (AvgIpc) is 2.54. The van der Waals surface area contributed by atoms with Crippen molar-refractivity contribution in [3.05, 3.63) is 36.4 Å². The van der Waals surface area contributed by atoms with Crippen molar-refractivity contribution >= 4 is 45.1 Å². The molecule has 0 saturated heterocycles. The Morgan fingerprint density at radius 3 is 1.75 bits per heavy atom. The average molecular weight is 339 g/mol. The molecule has 102 valence electrons. The number of thioether (sulfide) groups is 2. The van der Waals surface area contributed by atoms with Gasteiger partial charge in [-0.15, -0.1) is 23.5 Å². The van der Waals surface area contributed by atoms with Gasteiger partial charge in [-0.1, -0.05) is 12.1 Å². The summed E-state index contributed by atoms with van der Waals surface area (Å²) in [4.78, 5) is 4.97. The zero-order valence-electron chi connectivity index (χ0n) is 10.3. The van der Waals surface area contributed by atoms with E-state index in [0.717, 1.165) is 31.1 Å². The van der Waals surface area contributed by atoms with E-state index in [-0.39, 0.29) is 0 Å². The van der Waals surface area contributed by atoms with E-state index >= 15 is 0 Å². The molecule has 2 aliphatic heterocycles. The van der Waals surface area contributed by atoms with Crippen molar-refractivity contribution in [2.75, 3.05) is 11.5 Å². The third kappa shape index (κ3) is 1.85. The van der Waals surface area contributed by atoms with Crippen molar-refractivity contribution in [2.24, 2.45) is 0 Å². The topological polar surface area (TPSA) is 34.1 Å². The molecule has 0 radical (unpaired) electrons. The van der Waals surface area contributed by atoms with E-state index in [1.54, 1.807) is 23.5 Å². The van der Waals surface area contributed by atoms with Crippen LogP contribution in [0.5, 0.6) is 0 Å². The zero-order chi connectivity index (χ0) is 13.7. The lowest BCUT2D eigenvalue weighted by Gasteiger charge is -2.21. The summed E-state index contributed by atoms with van der Waals surface area (Å²) in [7, 11) is -2.45. The van der Waals surface area contributed by atoms with Crippen LogP contribution in [-0.2, 0) is 21.6 Å². The molecule has 4 rings (SSSR count). The van der Waals surface area contributed by atoms with E-state index in [1.165, 1.54) is 0 Å². The third-order valence-electron chi connectivity index (χ3n) is 3.25. The Morgan fingerprint density at radius 2 is 1.25 bits per heavy atom. The van der Waals surface area contributed by atoms with Gasteiger partial charge in [-0.3, -0.25) is 0 Å². The van der Waals surface area contributed by atoms with Gasteiger partial charge in [-0.25, -0.2) is 8.42 Å². The monoisotopic (exact) mass is 338 g/mol. The highest BCUT2D eigenvalue weighted by atomic mass is 32.2. The standard InChI is InChI=1S/C14H10O2S4/c15-19-11-5-1-3-9-13(11)20(16)14-10(18-8-7-17-9)4-2-6-12(14)19/h1-6H,7-8H2. The van der Waals surface area contributed by atoms with E-state index in [1.807, 2.05) is 36.4 Å². The smallest absolute Gasteiger partial charge is 0.0897 e. The van der Waals surface area contributed by atoms with E-state index in [9.17, 15) is 8.42 Å². The van der Waals surface area contributed by atoms with Gasteiger partial charge in [0.15, 0.2) is 0 Å². The lowest BCUT2D eigenvalue weighted by atomic mass is 10.3. The molecule has 0 fully saturated rings. The Balaban J connectivity index is 2.12. The second-order valence-corrected chi connectivity index (χ2v) is 9.45. The molecule has 2 nitrogen and oxygen atoms in total. The minimum absolute atomic E-state index is 0.713. The van der Waals surface area contributed by atoms with Crippen LogP contribution in [0.1, 0.15) is 0 Å². The van der Waals surface area contributed by atoms with Gasteiger partial charge in [0.25, 0.3) is 0 Å². The normalized spacial score (nSPS) is 23.6. The molecular weight excluding hydrogens is 328 g/mol. The van der Waals surface area contributed by atoms with Gasteiger partial charge in [0.05, 0.1) is 41.2 Å². The van der Waals surface area contributed by atoms with Crippen molar-refractivity contribution < 1.29 is 8.42 Å². The predicted molar refractivity (Wildman–Crippen MR) is 83.7 cm³/mol. The van der Waals surface area contributed by atoms with E-state index < -0.39 is 21.6 Å². The highest BCUT2D eigenvalue weighted by Gasteiger charge is 2.32. The first-order valence-corrected chi connectivity index (χ1v) is 10.4. The molecule has 2 aromatic rings. The fourth-order valence-corrected chi connectivity index (χ4v) is 8.59. The van der Waals surface area contributed by atoms with Crippen molar-refractivity contribution in [2.45, 2.75) is 29.4 Å². The Bertz CT molecular complexity index is 708. The summed E-state index contributed by atoms with van der Waals surface area (Å²) in [6.07, 6.45) is 0. The van der Waals surface area contributed by atoms with Crippen LogP contribution >= 0.6 is 23.5 Å². The molecule has 0 saturated carbocycles. The molecule has 2 aliphatic rings. The van der Waals surface area contributed by atoms with Crippen LogP contribution in [0.4, 0.5) is 0 Å². The van der Waals surface area contributed by atoms with Gasteiger partial charge in [0.2, 0.25) is 0 Å². The summed E-state index contributed by atoms with van der Waals surface area (Å²) in [6, 6.07) is 11.5. The molecule has 0 spiro atoms. The number of hydrogen-bond donors (Lipinski definition) is 0. The number of benzene rings is 2. The second kappa shape index (κ2) is 5.02. The van der Waals surface area contributed by atoms with Crippen molar-refractivity contribution in [3.63, 3.8) is 0 Å². The first kappa shape index (κ1) is 13.1. The van der Waals surface area contributed by atoms with Gasteiger partial charge < -0.3 is 0 Å². The molecule has 2 aromatic carbocycles. The third-order valence-corrected chi connectivity index (χ3v) is 9.25. The molecule has 0 amide bonds. The molecule has 0 unspecified atom stereocenters. The molecule has 2 heterocycles. The minimum atomic E-state index is -1.23. The molecule has 2 bridgehead atoms. The molecular formula is C14H10O2S4. The van der Waals surface area contributed by atoms with Crippen molar-refractivity contribution in [3.8, 4) is 0 Å². The zero-order valence-corrected chi connectivity index (χ0v) is 13.6. The van der Waals surface area contributed by atoms with E-state index in [0.29, 0.717) is 9.79 Å². The molecule has 0 N–H and O–H groups in total. The van der Waals surface area contributed by atoms with Crippen LogP contribution in [0.15, 0.2) is 65.8 Å². The molecule has 6 heteroatoms. The van der Waals surface area contributed by atoms with Crippen LogP contribution in [0.3, 0.4) is 0 Å². The molecule has 0 aliphatic carbocycles. The Kier molecular flexibility index (Phi) is 3.29. The van der Waals surface area contributed by atoms with Crippen LogP contribution in [0.2, 0.25) is 0 Å². The van der Waals surface area contributed by atoms with Gasteiger partial charge >= 0.3 is 0 Å². The van der Waals surface area contributed by atoms with E-state index in [2.05, 4.69) is 0 Å². The van der Waals surface area contributed by atoms with Crippen molar-refractivity contribution in [1.82, 2.24) is 0 Å². The predicted octanol–water partition coefficient (Wildman–Crippen LogP) is 3.53. The van der Waals surface area contributed by atoms with Gasteiger partial charge in [-0.2, -0.15) is 0 Å². The largest absolute Gasteiger partial charge is 0.249 e. The minimum Gasteiger partial charge on any atom is -0.249 e. The van der Waals surface area contributed by atoms with Crippen LogP contribution in [-0.4, -0.2) is 19.9 Å². The first-order valence-electron chi connectivity index (χ1n) is 6.12. The van der Waals surface area contributed by atoms with Gasteiger partial charge in [0, 0.05) is 21.3 Å². The maximum atomic E-state index is 13.0. The quantitative estimate of drug-likeness (QED) is 0.628. The summed E-state index contributed by atoms with van der Waals surface area (Å²) < 4.78 is 25.8. The highest BCUT2D eigenvalue weighted by molar-refractivity contribution is 8.04. The summed E-state index contributed by atoms with van der Waals surface area (Å²) in [5.41, 5.74) is 0. The second-order valence-electron chi connectivity index (χ2n) is 4.40. The summed E-state index contributed by atoms with van der Waals surface area (Å²) in [5.74, 6) is 1.93. The summed E-state index contributed by atoms with van der Waals surface area (Å²) in [5, 5.41) is 0. The maximum absolute atomic E-state index is 13.0. The lowest BCUT2D eigenvalue weighted by Crippen LogP contribution is -2.12. The Morgan fingerprint density at radius 1 is 0.750 bits per heavy atom. The van der Waals surface area contributed by atoms with Gasteiger partial charge in [0.1, 0.15) is 0 Å². The van der Waals surface area contributed by atoms with Crippen LogP contribution < -0.4 is 0 Å². The highest BCUT2D eigenvalue weighted by Crippen LogP contribution is 2.45. The Hall–Kier alpha value is -0.560. The van der Waals surface area contributed by atoms with Crippen LogP contribution in [0.25, 0.3) is 0 Å². The lowest BCUT2D eigenvalue weighted by molar-refractivity contribution is 0.660. The number of hydrogen-bond acceptors (Lipinski definition) is 4. The van der Waals surface area contributed by atoms with Gasteiger partial charge in [-0.05, 0) is 24.3 Å². The SMILES string of the molecule is O=S1c2cccc3c2S(=O)c2c(cccc21)SCCS3. The molecule has 0 atom stereocenters. The van der Waals surface area contributed by atoms with Crippen molar-refractivity contribution in [1.29, 1.82) is 0 Å². The number of rotatable bonds is 0. The van der Waals surface area contributed by atoms with E-state index in [4.69, 9.17) is 0 Å². The first-order chi connectivity index (χ1) is 9.77. The summed E-state index contributed by atoms with van der Waals surface area (Å²) >= 11 is 3.42. The fourth-order valence-electron chi connectivity index (χ4n) is 2.40. The fraction of sp³-hybridized carbons (Fsp3) is 0.143. The summed E-state index contributed by atoms with van der Waals surface area (Å²) in [6.45, 7) is 0. The molecule has 20 heavy (non-hydrogen) atoms. The van der Waals surface area contributed by atoms with Crippen LogP contribution in [0, 0.1) is 0 Å². The Labute approximate surface area is 130 Å².